The van der Waals surface area contributed by atoms with Crippen LogP contribution in [0.3, 0.4) is 0 Å². The maximum absolute atomic E-state index is 9.41. The van der Waals surface area contributed by atoms with Crippen LogP contribution in [0.4, 0.5) is 11.6 Å². The van der Waals surface area contributed by atoms with Crippen LogP contribution in [0.2, 0.25) is 5.02 Å². The lowest BCUT2D eigenvalue weighted by atomic mass is 9.97. The number of halogens is 2. The fourth-order valence-corrected chi connectivity index (χ4v) is 4.19. The molecule has 1 fully saturated rings. The number of nitrogens with one attached hydrogen (secondary N) is 1. The third kappa shape index (κ3) is 4.99. The fourth-order valence-electron chi connectivity index (χ4n) is 3.91. The van der Waals surface area contributed by atoms with Crippen LogP contribution in [0.25, 0.3) is 10.8 Å². The summed E-state index contributed by atoms with van der Waals surface area (Å²) in [4.78, 5) is 2.21. The van der Waals surface area contributed by atoms with Crippen molar-refractivity contribution < 1.29 is 9.84 Å². The number of fused-ring (bicyclic) bond motifs is 1. The Balaban J connectivity index is 0.00000289. The van der Waals surface area contributed by atoms with Crippen LogP contribution < -0.4 is 15.0 Å². The lowest BCUT2D eigenvalue weighted by Crippen LogP contribution is -2.35. The summed E-state index contributed by atoms with van der Waals surface area (Å²) >= 11 is 6.24. The third-order valence-corrected chi connectivity index (χ3v) is 6.03. The third-order valence-electron chi connectivity index (χ3n) is 5.74. The van der Waals surface area contributed by atoms with Gasteiger partial charge in [-0.3, -0.25) is 0 Å². The quantitative estimate of drug-likeness (QED) is 0.547. The van der Waals surface area contributed by atoms with Gasteiger partial charge >= 0.3 is 0 Å². The summed E-state index contributed by atoms with van der Waals surface area (Å²) in [6, 6.07) is 13.4. The molecule has 4 rings (SSSR count). The molecule has 1 aliphatic heterocycles. The van der Waals surface area contributed by atoms with Crippen LogP contribution in [0.1, 0.15) is 24.0 Å². The van der Waals surface area contributed by atoms with Crippen LogP contribution in [0.15, 0.2) is 36.4 Å². The Morgan fingerprint density at radius 1 is 1.19 bits per heavy atom. The maximum Gasteiger partial charge on any atom is 0.159 e. The predicted molar refractivity (Wildman–Crippen MR) is 129 cm³/mol. The predicted octanol–water partition coefficient (Wildman–Crippen LogP) is 4.41. The van der Waals surface area contributed by atoms with Crippen LogP contribution >= 0.6 is 24.0 Å². The second-order valence-electron chi connectivity index (χ2n) is 7.68. The largest absolute Gasteiger partial charge is 0.495 e. The van der Waals surface area contributed by atoms with Gasteiger partial charge in [0.1, 0.15) is 5.75 Å². The van der Waals surface area contributed by atoms with Gasteiger partial charge in [-0.15, -0.1) is 22.6 Å². The van der Waals surface area contributed by atoms with Crippen molar-refractivity contribution in [1.82, 2.24) is 10.2 Å². The average molecular weight is 474 g/mol. The fraction of sp³-hybridized carbons (Fsp3) is 0.348. The van der Waals surface area contributed by atoms with Crippen molar-refractivity contribution in [2.45, 2.75) is 19.4 Å². The second-order valence-corrected chi connectivity index (χ2v) is 8.09. The number of ether oxygens (including phenoxy) is 1. The number of benzene rings is 2. The van der Waals surface area contributed by atoms with Crippen LogP contribution in [0, 0.1) is 17.2 Å². The first-order valence-electron chi connectivity index (χ1n) is 10.3. The van der Waals surface area contributed by atoms with Crippen molar-refractivity contribution in [2.24, 2.45) is 5.92 Å². The highest BCUT2D eigenvalue weighted by atomic mass is 35.5. The first kappa shape index (κ1) is 23.9. The molecule has 0 saturated carbocycles. The smallest absolute Gasteiger partial charge is 0.159 e. The minimum absolute atomic E-state index is 0. The van der Waals surface area contributed by atoms with E-state index in [1.165, 1.54) is 0 Å². The molecule has 2 heterocycles. The Morgan fingerprint density at radius 3 is 2.62 bits per heavy atom. The number of aliphatic hydroxyl groups is 1. The number of nitriles is 1. The van der Waals surface area contributed by atoms with E-state index in [0.29, 0.717) is 34.6 Å². The number of hydrogen-bond acceptors (Lipinski definition) is 7. The van der Waals surface area contributed by atoms with Crippen LogP contribution in [-0.4, -0.2) is 42.1 Å². The summed E-state index contributed by atoms with van der Waals surface area (Å²) in [5.74, 6) is 2.41. The van der Waals surface area contributed by atoms with E-state index in [2.05, 4.69) is 26.5 Å². The number of rotatable bonds is 6. The van der Waals surface area contributed by atoms with E-state index >= 15 is 0 Å². The van der Waals surface area contributed by atoms with E-state index in [-0.39, 0.29) is 19.0 Å². The highest BCUT2D eigenvalue weighted by molar-refractivity contribution is 6.32. The summed E-state index contributed by atoms with van der Waals surface area (Å²) in [5.41, 5.74) is 1.55. The maximum atomic E-state index is 9.41. The van der Waals surface area contributed by atoms with Crippen molar-refractivity contribution in [3.63, 3.8) is 0 Å². The summed E-state index contributed by atoms with van der Waals surface area (Å²) in [6.07, 6.45) is 1.85. The summed E-state index contributed by atoms with van der Waals surface area (Å²) in [6.45, 7) is 2.38. The molecule has 0 atom stereocenters. The minimum Gasteiger partial charge on any atom is -0.495 e. The molecule has 0 aliphatic carbocycles. The molecule has 3 aromatic rings. The van der Waals surface area contributed by atoms with E-state index < -0.39 is 0 Å². The minimum atomic E-state index is 0. The zero-order chi connectivity index (χ0) is 21.8. The molecule has 0 bridgehead atoms. The van der Waals surface area contributed by atoms with Gasteiger partial charge in [0.2, 0.25) is 0 Å². The molecular weight excluding hydrogens is 449 g/mol. The van der Waals surface area contributed by atoms with Crippen LogP contribution in [-0.2, 0) is 6.54 Å². The van der Waals surface area contributed by atoms with Gasteiger partial charge in [-0.25, -0.2) is 0 Å². The molecule has 2 N–H and O–H groups in total. The van der Waals surface area contributed by atoms with Crippen molar-refractivity contribution >= 4 is 46.4 Å². The summed E-state index contributed by atoms with van der Waals surface area (Å²) < 4.78 is 5.21. The zero-order valence-electron chi connectivity index (χ0n) is 17.7. The summed E-state index contributed by atoms with van der Waals surface area (Å²) in [5, 5.41) is 33.4. The van der Waals surface area contributed by atoms with E-state index in [9.17, 15) is 10.4 Å². The molecule has 168 valence electrons. The van der Waals surface area contributed by atoms with Gasteiger partial charge < -0.3 is 20.1 Å². The van der Waals surface area contributed by atoms with Crippen LogP contribution in [0.5, 0.6) is 5.75 Å². The number of aliphatic hydroxyl groups excluding tert-OH is 1. The zero-order valence-corrected chi connectivity index (χ0v) is 19.3. The lowest BCUT2D eigenvalue weighted by molar-refractivity contribution is 0.203. The number of hydrogen-bond donors (Lipinski definition) is 2. The number of aromatic nitrogens is 2. The molecule has 9 heteroatoms. The Kier molecular flexibility index (Phi) is 7.97. The molecule has 0 amide bonds. The molecule has 0 spiro atoms. The number of methoxy groups -OCH3 is 1. The molecule has 1 aliphatic rings. The molecule has 1 saturated heterocycles. The van der Waals surface area contributed by atoms with Gasteiger partial charge in [0.25, 0.3) is 0 Å². The van der Waals surface area contributed by atoms with Gasteiger partial charge in [-0.2, -0.15) is 5.26 Å². The molecule has 7 nitrogen and oxygen atoms in total. The Bertz CT molecular complexity index is 1130. The number of piperidine rings is 1. The van der Waals surface area contributed by atoms with E-state index in [0.717, 1.165) is 48.1 Å². The highest BCUT2D eigenvalue weighted by Gasteiger charge is 2.22. The Morgan fingerprint density at radius 2 is 1.97 bits per heavy atom. The first-order chi connectivity index (χ1) is 15.1. The normalized spacial score (nSPS) is 14.0. The number of anilines is 2. The molecule has 0 radical (unpaired) electrons. The number of nitrogens with zero attached hydrogens (tertiary/aromatic N) is 4. The van der Waals surface area contributed by atoms with E-state index in [4.69, 9.17) is 16.3 Å². The molecule has 2 aromatic carbocycles. The summed E-state index contributed by atoms with van der Waals surface area (Å²) in [7, 11) is 1.58. The van der Waals surface area contributed by atoms with Gasteiger partial charge in [0.05, 0.1) is 23.8 Å². The Labute approximate surface area is 198 Å². The topological polar surface area (TPSA) is 94.3 Å². The van der Waals surface area contributed by atoms with Gasteiger partial charge in [0.15, 0.2) is 11.6 Å². The van der Waals surface area contributed by atoms with Crippen molar-refractivity contribution in [3.05, 3.63) is 52.5 Å². The van der Waals surface area contributed by atoms with Crippen molar-refractivity contribution in [1.29, 1.82) is 5.26 Å². The van der Waals surface area contributed by atoms with Crippen molar-refractivity contribution in [2.75, 3.05) is 37.0 Å². The van der Waals surface area contributed by atoms with E-state index in [1.54, 1.807) is 13.2 Å². The Hall–Kier alpha value is -2.79. The van der Waals surface area contributed by atoms with Crippen molar-refractivity contribution in [3.8, 4) is 11.8 Å². The molecule has 32 heavy (non-hydrogen) atoms. The monoisotopic (exact) mass is 473 g/mol. The first-order valence-corrected chi connectivity index (χ1v) is 10.6. The highest BCUT2D eigenvalue weighted by Crippen LogP contribution is 2.32. The van der Waals surface area contributed by atoms with Gasteiger partial charge in [-0.05, 0) is 54.7 Å². The SMILES string of the molecule is COc1ccc(CNc2nnc(N3CCC(CO)CC3)c3ccc(C#N)cc23)cc1Cl.Cl. The van der Waals surface area contributed by atoms with Gasteiger partial charge in [-0.1, -0.05) is 17.7 Å². The molecular formula is C23H25Cl2N5O2. The standard InChI is InChI=1S/C23H24ClN5O2.ClH/c1-31-21-5-3-17(11-20(21)24)13-26-22-19-10-16(12-25)2-4-18(19)23(28-27-22)29-8-6-15(14-30)7-9-29;/h2-5,10-11,15,30H,6-9,13-14H2,1H3,(H,26,27);1H. The van der Waals surface area contributed by atoms with Gasteiger partial charge in [0, 0.05) is 37.0 Å². The molecule has 1 aromatic heterocycles. The average Bonchev–Trinajstić information content (AvgIpc) is 2.82. The second kappa shape index (κ2) is 10.7. The van der Waals surface area contributed by atoms with E-state index in [1.807, 2.05) is 30.3 Å². The molecule has 0 unspecified atom stereocenters. The lowest BCUT2D eigenvalue weighted by Gasteiger charge is -2.32.